The van der Waals surface area contributed by atoms with Crippen LogP contribution in [0.4, 0.5) is 11.4 Å². The fourth-order valence-corrected chi connectivity index (χ4v) is 13.9. The zero-order chi connectivity index (χ0) is 43.6. The van der Waals surface area contributed by atoms with Crippen molar-refractivity contribution in [2.45, 2.75) is 63.2 Å². The molecule has 0 saturated carbocycles. The van der Waals surface area contributed by atoms with Crippen LogP contribution >= 0.6 is 0 Å². The molecule has 1 aromatic heterocycles. The van der Waals surface area contributed by atoms with Crippen LogP contribution in [-0.4, -0.2) is 74.3 Å². The minimum Gasteiger partial charge on any atom is -0.497 e. The average molecular weight is 851 g/mol. The first kappa shape index (κ1) is 42.5. The first-order valence-corrected chi connectivity index (χ1v) is 24.2. The molecule has 8 rings (SSSR count). The molecule has 0 unspecified atom stereocenters. The van der Waals surface area contributed by atoms with Gasteiger partial charge in [-0.1, -0.05) is 98.0 Å². The predicted molar refractivity (Wildman–Crippen MR) is 244 cm³/mol. The van der Waals surface area contributed by atoms with Crippen LogP contribution in [0, 0.1) is 5.92 Å². The summed E-state index contributed by atoms with van der Waals surface area (Å²) in [6.07, 6.45) is 1.48. The van der Waals surface area contributed by atoms with Crippen LogP contribution in [0.15, 0.2) is 128 Å². The van der Waals surface area contributed by atoms with Crippen LogP contribution in [-0.2, 0) is 44.2 Å². The second-order valence-corrected chi connectivity index (χ2v) is 21.6. The van der Waals surface area contributed by atoms with E-state index in [0.29, 0.717) is 29.2 Å². The number of hydrogen-bond donors (Lipinski definition) is 3. The van der Waals surface area contributed by atoms with E-state index in [0.717, 1.165) is 38.5 Å². The van der Waals surface area contributed by atoms with Gasteiger partial charge in [-0.25, -0.2) is 0 Å². The van der Waals surface area contributed by atoms with Crippen molar-refractivity contribution in [3.63, 3.8) is 0 Å². The highest BCUT2D eigenvalue weighted by atomic mass is 28.3. The predicted octanol–water partition coefficient (Wildman–Crippen LogP) is 7.54. The molecule has 0 bridgehead atoms. The Labute approximate surface area is 363 Å². The number of H-pyrrole nitrogens is 1. The summed E-state index contributed by atoms with van der Waals surface area (Å²) in [5.74, 6) is 0.469. The number of aliphatic hydroxyl groups is 1. The van der Waals surface area contributed by atoms with Crippen LogP contribution in [0.1, 0.15) is 35.6 Å². The molecule has 62 heavy (non-hydrogen) atoms. The maximum atomic E-state index is 15.5. The first-order chi connectivity index (χ1) is 30.0. The van der Waals surface area contributed by atoms with Gasteiger partial charge in [-0.2, -0.15) is 0 Å². The van der Waals surface area contributed by atoms with Gasteiger partial charge in [0, 0.05) is 47.4 Å². The molecule has 320 valence electrons. The number of amides is 3. The molecule has 0 aliphatic carbocycles. The number of ether oxygens (including phenoxy) is 3. The van der Waals surface area contributed by atoms with Crippen molar-refractivity contribution in [2.75, 3.05) is 37.6 Å². The SMILES string of the molecule is COc1ccc([Si](C)(C)[C@H]2[C@H](CC(=O)N(CCO)Cc3ccccc3)O[C@@]3(C(=O)N(Cc4cccc(NC(=O)Cc5c[nH]c6ccccc56)c4)c4ccc(OC)cc43)[C@@H]2C)cc1. The van der Waals surface area contributed by atoms with Crippen LogP contribution in [0.5, 0.6) is 11.5 Å². The second-order valence-electron chi connectivity index (χ2n) is 16.9. The quantitative estimate of drug-likeness (QED) is 0.0910. The van der Waals surface area contributed by atoms with E-state index in [1.165, 1.54) is 0 Å². The van der Waals surface area contributed by atoms with E-state index in [1.807, 2.05) is 115 Å². The number of nitrogens with zero attached hydrogens (tertiary/aromatic N) is 2. The van der Waals surface area contributed by atoms with Gasteiger partial charge in [0.05, 0.1) is 60.1 Å². The molecule has 1 spiro atoms. The lowest BCUT2D eigenvalue weighted by atomic mass is 9.82. The largest absolute Gasteiger partial charge is 0.497 e. The minimum atomic E-state index is -2.57. The fourth-order valence-electron chi connectivity index (χ4n) is 9.88. The van der Waals surface area contributed by atoms with Crippen LogP contribution in [0.2, 0.25) is 18.6 Å². The lowest BCUT2D eigenvalue weighted by Crippen LogP contribution is -2.52. The molecule has 0 radical (unpaired) electrons. The summed E-state index contributed by atoms with van der Waals surface area (Å²) in [5, 5.41) is 15.3. The number of rotatable bonds is 15. The molecule has 5 aromatic carbocycles. The van der Waals surface area contributed by atoms with Gasteiger partial charge >= 0.3 is 0 Å². The maximum Gasteiger partial charge on any atom is 0.264 e. The number of aromatic nitrogens is 1. The van der Waals surface area contributed by atoms with Crippen molar-refractivity contribution in [1.29, 1.82) is 0 Å². The molecule has 2 aliphatic rings. The number of methoxy groups -OCH3 is 2. The van der Waals surface area contributed by atoms with Crippen molar-refractivity contribution >= 4 is 53.3 Å². The second kappa shape index (κ2) is 17.6. The first-order valence-electron chi connectivity index (χ1n) is 21.2. The van der Waals surface area contributed by atoms with Crippen LogP contribution in [0.25, 0.3) is 10.9 Å². The molecule has 3 amide bonds. The topological polar surface area (TPSA) is 133 Å². The summed E-state index contributed by atoms with van der Waals surface area (Å²) >= 11 is 0. The van der Waals surface area contributed by atoms with Gasteiger partial charge in [-0.05, 0) is 70.8 Å². The van der Waals surface area contributed by atoms with Gasteiger partial charge in [-0.15, -0.1) is 0 Å². The summed E-state index contributed by atoms with van der Waals surface area (Å²) < 4.78 is 18.6. The molecule has 12 heteroatoms. The molecule has 1 saturated heterocycles. The average Bonchev–Trinajstić information content (AvgIpc) is 3.90. The summed E-state index contributed by atoms with van der Waals surface area (Å²) in [6, 6.07) is 39.0. The van der Waals surface area contributed by atoms with E-state index in [-0.39, 0.29) is 61.7 Å². The van der Waals surface area contributed by atoms with Gasteiger partial charge in [0.1, 0.15) is 11.5 Å². The summed E-state index contributed by atoms with van der Waals surface area (Å²) in [6.45, 7) is 7.21. The Balaban J connectivity index is 1.12. The molecule has 11 nitrogen and oxygen atoms in total. The highest BCUT2D eigenvalue weighted by molar-refractivity contribution is 6.91. The van der Waals surface area contributed by atoms with Crippen molar-refractivity contribution < 1.29 is 33.7 Å². The van der Waals surface area contributed by atoms with Crippen molar-refractivity contribution in [1.82, 2.24) is 9.88 Å². The number of hydrogen-bond acceptors (Lipinski definition) is 7. The summed E-state index contributed by atoms with van der Waals surface area (Å²) in [7, 11) is 0.676. The molecular weight excluding hydrogens is 797 g/mol. The lowest BCUT2D eigenvalue weighted by molar-refractivity contribution is -0.150. The number of fused-ring (bicyclic) bond motifs is 3. The number of aliphatic hydroxyl groups excluding tert-OH is 1. The fraction of sp³-hybridized carbons (Fsp3) is 0.300. The zero-order valence-electron chi connectivity index (χ0n) is 35.9. The Kier molecular flexibility index (Phi) is 12.1. The zero-order valence-corrected chi connectivity index (χ0v) is 36.9. The Morgan fingerprint density at radius 2 is 1.60 bits per heavy atom. The number of aromatic amines is 1. The van der Waals surface area contributed by atoms with Gasteiger partial charge in [0.2, 0.25) is 11.8 Å². The molecule has 6 aromatic rings. The number of benzene rings is 5. The van der Waals surface area contributed by atoms with Crippen molar-refractivity contribution in [2.24, 2.45) is 5.92 Å². The third-order valence-corrected chi connectivity index (χ3v) is 17.3. The normalized spacial score (nSPS) is 19.5. The van der Waals surface area contributed by atoms with Crippen LogP contribution < -0.4 is 24.9 Å². The Morgan fingerprint density at radius 3 is 2.34 bits per heavy atom. The molecular formula is C50H54N4O7Si. The highest BCUT2D eigenvalue weighted by Gasteiger charge is 2.66. The maximum absolute atomic E-state index is 15.5. The summed E-state index contributed by atoms with van der Waals surface area (Å²) in [4.78, 5) is 50.0. The Morgan fingerprint density at radius 1 is 0.887 bits per heavy atom. The van der Waals surface area contributed by atoms with E-state index in [9.17, 15) is 14.7 Å². The van der Waals surface area contributed by atoms with Crippen molar-refractivity contribution in [3.05, 3.63) is 150 Å². The van der Waals surface area contributed by atoms with E-state index < -0.39 is 19.8 Å². The lowest BCUT2D eigenvalue weighted by Gasteiger charge is -2.37. The third-order valence-electron chi connectivity index (χ3n) is 12.9. The van der Waals surface area contributed by atoms with Gasteiger partial charge < -0.3 is 39.4 Å². The van der Waals surface area contributed by atoms with E-state index in [1.54, 1.807) is 24.0 Å². The molecule has 3 N–H and O–H groups in total. The monoisotopic (exact) mass is 850 g/mol. The summed E-state index contributed by atoms with van der Waals surface area (Å²) in [5.41, 5.74) is 4.09. The van der Waals surface area contributed by atoms with Crippen molar-refractivity contribution in [3.8, 4) is 11.5 Å². The molecule has 2 aliphatic heterocycles. The Hall–Kier alpha value is -6.21. The van der Waals surface area contributed by atoms with Gasteiger partial charge in [-0.3, -0.25) is 14.4 Å². The smallest absolute Gasteiger partial charge is 0.264 e. The number of para-hydroxylation sites is 1. The molecule has 3 heterocycles. The number of nitrogens with one attached hydrogen (secondary N) is 2. The Bertz CT molecular complexity index is 2580. The third kappa shape index (κ3) is 8.01. The van der Waals surface area contributed by atoms with Gasteiger partial charge in [0.25, 0.3) is 5.91 Å². The molecule has 1 fully saturated rings. The van der Waals surface area contributed by atoms with Gasteiger partial charge in [0.15, 0.2) is 5.60 Å². The number of anilines is 2. The van der Waals surface area contributed by atoms with E-state index in [2.05, 4.69) is 42.5 Å². The highest BCUT2D eigenvalue weighted by Crippen LogP contribution is 2.60. The van der Waals surface area contributed by atoms with E-state index in [4.69, 9.17) is 14.2 Å². The molecule has 4 atom stereocenters. The number of carbonyl (C=O) groups excluding carboxylic acids is 3. The van der Waals surface area contributed by atoms with Crippen LogP contribution in [0.3, 0.4) is 0 Å². The number of carbonyl (C=O) groups is 3. The van der Waals surface area contributed by atoms with E-state index >= 15 is 4.79 Å². The standard InChI is InChI=1S/C50H54N4O7Si/c1-33-48(62(4,5)40-21-18-38(59-2)19-22-40)45(29-47(57)53(24-25-55)31-34-12-7-6-8-13-34)61-50(33)42-28-39(60-3)20-23-44(42)54(49(50)58)32-35-14-11-15-37(26-35)52-46(56)27-36-30-51-43-17-10-9-16-41(36)43/h6-23,26,28,30,33,45,48,51,55H,24-25,27,29,31-32H2,1-5H3,(H,52,56)/t33-,45+,48-,50+/m1/s1. The minimum absolute atomic E-state index is 0.0308.